The van der Waals surface area contributed by atoms with Crippen molar-refractivity contribution in [2.24, 2.45) is 0 Å². The fraction of sp³-hybridized carbons (Fsp3) is 0.933. The van der Waals surface area contributed by atoms with E-state index in [9.17, 15) is 4.79 Å². The second-order valence-electron chi connectivity index (χ2n) is 6.06. The van der Waals surface area contributed by atoms with Crippen LogP contribution in [0.5, 0.6) is 0 Å². The molecule has 2 aliphatic rings. The van der Waals surface area contributed by atoms with Gasteiger partial charge in [0.15, 0.2) is 0 Å². The van der Waals surface area contributed by atoms with E-state index in [1.165, 1.54) is 13.5 Å². The van der Waals surface area contributed by atoms with E-state index in [-0.39, 0.29) is 12.1 Å². The summed E-state index contributed by atoms with van der Waals surface area (Å²) in [5.74, 6) is -0.207. The second kappa shape index (κ2) is 7.38. The number of carbonyl (C=O) groups is 1. The molecule has 2 unspecified atom stereocenters. The summed E-state index contributed by atoms with van der Waals surface area (Å²) in [6.07, 6.45) is 6.59. The molecule has 0 aromatic rings. The highest BCUT2D eigenvalue weighted by molar-refractivity contribution is 5.80. The molecule has 0 bridgehead atoms. The minimum Gasteiger partial charge on any atom is -0.468 e. The Morgan fingerprint density at radius 1 is 1.35 bits per heavy atom. The van der Waals surface area contributed by atoms with Crippen LogP contribution in [-0.4, -0.2) is 50.6 Å². The SMILES string of the molecule is COC(=O)C(C)(CCOCC1CCCCO1)NC1CC1. The predicted molar refractivity (Wildman–Crippen MR) is 75.6 cm³/mol. The molecule has 1 N–H and O–H groups in total. The molecule has 1 aliphatic carbocycles. The summed E-state index contributed by atoms with van der Waals surface area (Å²) in [5.41, 5.74) is -0.636. The Morgan fingerprint density at radius 3 is 2.75 bits per heavy atom. The highest BCUT2D eigenvalue weighted by atomic mass is 16.5. The molecular weight excluding hydrogens is 258 g/mol. The van der Waals surface area contributed by atoms with Gasteiger partial charge in [-0.25, -0.2) is 0 Å². The van der Waals surface area contributed by atoms with Crippen molar-refractivity contribution in [3.8, 4) is 0 Å². The van der Waals surface area contributed by atoms with Crippen molar-refractivity contribution in [3.05, 3.63) is 0 Å². The van der Waals surface area contributed by atoms with E-state index in [0.29, 0.717) is 25.7 Å². The van der Waals surface area contributed by atoms with Gasteiger partial charge in [-0.1, -0.05) is 0 Å². The fourth-order valence-electron chi connectivity index (χ4n) is 2.57. The maximum absolute atomic E-state index is 11.9. The summed E-state index contributed by atoms with van der Waals surface area (Å²) >= 11 is 0. The average molecular weight is 285 g/mol. The molecule has 5 nitrogen and oxygen atoms in total. The lowest BCUT2D eigenvalue weighted by Gasteiger charge is -2.28. The number of rotatable bonds is 8. The lowest BCUT2D eigenvalue weighted by atomic mass is 9.98. The number of carbonyl (C=O) groups excluding carboxylic acids is 1. The second-order valence-corrected chi connectivity index (χ2v) is 6.06. The van der Waals surface area contributed by atoms with E-state index in [0.717, 1.165) is 32.3 Å². The standard InChI is InChI=1S/C15H27NO4/c1-15(14(17)18-2,16-12-6-7-12)8-10-19-11-13-5-3-4-9-20-13/h12-13,16H,3-11H2,1-2H3. The molecule has 2 atom stereocenters. The van der Waals surface area contributed by atoms with Crippen LogP contribution in [0.1, 0.15) is 45.4 Å². The first kappa shape index (κ1) is 15.7. The number of esters is 1. The minimum absolute atomic E-state index is 0.207. The summed E-state index contributed by atoms with van der Waals surface area (Å²) in [7, 11) is 1.44. The van der Waals surface area contributed by atoms with Gasteiger partial charge < -0.3 is 14.2 Å². The Hall–Kier alpha value is -0.650. The van der Waals surface area contributed by atoms with E-state index >= 15 is 0 Å². The molecule has 2 fully saturated rings. The molecule has 1 saturated carbocycles. The van der Waals surface area contributed by atoms with Crippen LogP contribution in [0.4, 0.5) is 0 Å². The van der Waals surface area contributed by atoms with Crippen LogP contribution in [0.15, 0.2) is 0 Å². The molecule has 116 valence electrons. The molecule has 2 rings (SSSR count). The third-order valence-electron chi connectivity index (χ3n) is 4.06. The van der Waals surface area contributed by atoms with Crippen molar-refractivity contribution in [2.45, 2.75) is 63.1 Å². The van der Waals surface area contributed by atoms with E-state index in [4.69, 9.17) is 14.2 Å². The molecule has 0 radical (unpaired) electrons. The van der Waals surface area contributed by atoms with Gasteiger partial charge >= 0.3 is 5.97 Å². The smallest absolute Gasteiger partial charge is 0.325 e. The Bertz CT molecular complexity index is 313. The van der Waals surface area contributed by atoms with Crippen molar-refractivity contribution in [2.75, 3.05) is 26.9 Å². The molecular formula is C15H27NO4. The first-order valence-corrected chi connectivity index (χ1v) is 7.69. The van der Waals surface area contributed by atoms with Gasteiger partial charge in [0.1, 0.15) is 5.54 Å². The van der Waals surface area contributed by atoms with Crippen LogP contribution < -0.4 is 5.32 Å². The summed E-state index contributed by atoms with van der Waals surface area (Å²) < 4.78 is 16.2. The zero-order valence-corrected chi connectivity index (χ0v) is 12.7. The molecule has 1 saturated heterocycles. The van der Waals surface area contributed by atoms with E-state index < -0.39 is 5.54 Å². The van der Waals surface area contributed by atoms with Gasteiger partial charge in [-0.3, -0.25) is 10.1 Å². The lowest BCUT2D eigenvalue weighted by Crippen LogP contribution is -2.52. The van der Waals surface area contributed by atoms with Crippen LogP contribution in [0.25, 0.3) is 0 Å². The summed E-state index contributed by atoms with van der Waals surface area (Å²) in [6.45, 7) is 3.92. The van der Waals surface area contributed by atoms with Gasteiger partial charge in [0, 0.05) is 19.3 Å². The first-order valence-electron chi connectivity index (χ1n) is 7.69. The van der Waals surface area contributed by atoms with Crippen molar-refractivity contribution in [1.29, 1.82) is 0 Å². The molecule has 0 amide bonds. The van der Waals surface area contributed by atoms with Crippen LogP contribution in [0.2, 0.25) is 0 Å². The summed E-state index contributed by atoms with van der Waals surface area (Å²) in [5, 5.41) is 3.37. The van der Waals surface area contributed by atoms with Crippen molar-refractivity contribution in [3.63, 3.8) is 0 Å². The van der Waals surface area contributed by atoms with Gasteiger partial charge in [0.25, 0.3) is 0 Å². The molecule has 0 aromatic carbocycles. The van der Waals surface area contributed by atoms with E-state index in [1.54, 1.807) is 0 Å². The average Bonchev–Trinajstić information content (AvgIpc) is 3.27. The minimum atomic E-state index is -0.636. The third-order valence-corrected chi connectivity index (χ3v) is 4.06. The van der Waals surface area contributed by atoms with Crippen LogP contribution in [-0.2, 0) is 19.0 Å². The topological polar surface area (TPSA) is 56.8 Å². The van der Waals surface area contributed by atoms with Gasteiger partial charge in [0.2, 0.25) is 0 Å². The van der Waals surface area contributed by atoms with E-state index in [2.05, 4.69) is 5.32 Å². The molecule has 20 heavy (non-hydrogen) atoms. The highest BCUT2D eigenvalue weighted by Gasteiger charge is 2.39. The largest absolute Gasteiger partial charge is 0.468 e. The van der Waals surface area contributed by atoms with Crippen LogP contribution >= 0.6 is 0 Å². The normalized spacial score (nSPS) is 26.0. The Morgan fingerprint density at radius 2 is 2.15 bits per heavy atom. The molecule has 0 spiro atoms. The zero-order valence-electron chi connectivity index (χ0n) is 12.7. The lowest BCUT2D eigenvalue weighted by molar-refractivity contribution is -0.149. The van der Waals surface area contributed by atoms with Crippen molar-refractivity contribution in [1.82, 2.24) is 5.32 Å². The predicted octanol–water partition coefficient (Wildman–Crippen LogP) is 1.65. The van der Waals surface area contributed by atoms with Gasteiger partial charge in [0.05, 0.1) is 19.8 Å². The van der Waals surface area contributed by atoms with Crippen molar-refractivity contribution >= 4 is 5.97 Å². The summed E-state index contributed by atoms with van der Waals surface area (Å²) in [4.78, 5) is 11.9. The zero-order chi connectivity index (χ0) is 14.4. The Balaban J connectivity index is 1.69. The quantitative estimate of drug-likeness (QED) is 0.543. The number of hydrogen-bond acceptors (Lipinski definition) is 5. The van der Waals surface area contributed by atoms with Gasteiger partial charge in [-0.15, -0.1) is 0 Å². The van der Waals surface area contributed by atoms with Gasteiger partial charge in [-0.2, -0.15) is 0 Å². The molecule has 1 heterocycles. The van der Waals surface area contributed by atoms with Gasteiger partial charge in [-0.05, 0) is 45.4 Å². The maximum atomic E-state index is 11.9. The number of nitrogens with one attached hydrogen (secondary N) is 1. The third kappa shape index (κ3) is 4.72. The molecule has 1 aliphatic heterocycles. The Labute approximate surface area is 121 Å². The number of hydrogen-bond donors (Lipinski definition) is 1. The monoisotopic (exact) mass is 285 g/mol. The first-order chi connectivity index (χ1) is 9.64. The van der Waals surface area contributed by atoms with Crippen LogP contribution in [0, 0.1) is 0 Å². The summed E-state index contributed by atoms with van der Waals surface area (Å²) in [6, 6.07) is 0.459. The number of ether oxygens (including phenoxy) is 3. The van der Waals surface area contributed by atoms with Crippen molar-refractivity contribution < 1.29 is 19.0 Å². The van der Waals surface area contributed by atoms with E-state index in [1.807, 2.05) is 6.92 Å². The molecule has 5 heteroatoms. The fourth-order valence-corrected chi connectivity index (χ4v) is 2.57. The van der Waals surface area contributed by atoms with Crippen LogP contribution in [0.3, 0.4) is 0 Å². The molecule has 0 aromatic heterocycles. The number of methoxy groups -OCH3 is 1. The highest BCUT2D eigenvalue weighted by Crippen LogP contribution is 2.25. The maximum Gasteiger partial charge on any atom is 0.325 e. The Kier molecular flexibility index (Phi) is 5.81.